The number of ether oxygens (including phenoxy) is 2. The first-order valence-corrected chi connectivity index (χ1v) is 8.72. The number of fused-ring (bicyclic) bond motifs is 1. The average Bonchev–Trinajstić information content (AvgIpc) is 3.02. The third kappa shape index (κ3) is 4.28. The minimum Gasteiger partial charge on any atom is -0.494 e. The second kappa shape index (κ2) is 7.83. The maximum Gasteiger partial charge on any atom is 0.338 e. The van der Waals surface area contributed by atoms with Crippen LogP contribution in [-0.4, -0.2) is 30.1 Å². The molecule has 8 heteroatoms. The number of aromatic nitrogens is 1. The highest BCUT2D eigenvalue weighted by Gasteiger charge is 2.12. The molecule has 1 amide bonds. The molecule has 26 heavy (non-hydrogen) atoms. The highest BCUT2D eigenvalue weighted by Crippen LogP contribution is 2.29. The third-order valence-corrected chi connectivity index (χ3v) is 4.33. The maximum absolute atomic E-state index is 12.0. The molecular formula is C18H17N3O4S. The topological polar surface area (TPSA) is 104 Å². The predicted molar refractivity (Wildman–Crippen MR) is 101 cm³/mol. The Hall–Kier alpha value is -3.13. The minimum atomic E-state index is -0.592. The SMILES string of the molecule is CCOc1ccc2nc(NC(=O)COC(=O)c3ccc(N)cc3)sc2c1. The van der Waals surface area contributed by atoms with Crippen LogP contribution in [0.15, 0.2) is 42.5 Å². The van der Waals surface area contributed by atoms with Gasteiger partial charge in [-0.3, -0.25) is 10.1 Å². The molecule has 0 radical (unpaired) electrons. The monoisotopic (exact) mass is 371 g/mol. The van der Waals surface area contributed by atoms with Crippen molar-refractivity contribution in [2.45, 2.75) is 6.92 Å². The molecule has 1 heterocycles. The van der Waals surface area contributed by atoms with Gasteiger partial charge in [0.25, 0.3) is 5.91 Å². The molecule has 3 aromatic rings. The van der Waals surface area contributed by atoms with Crippen LogP contribution in [0.5, 0.6) is 5.75 Å². The first-order chi connectivity index (χ1) is 12.5. The van der Waals surface area contributed by atoms with Crippen molar-refractivity contribution in [2.75, 3.05) is 24.3 Å². The number of benzene rings is 2. The van der Waals surface area contributed by atoms with E-state index in [1.165, 1.54) is 11.3 Å². The molecule has 0 aliphatic rings. The molecule has 0 unspecified atom stereocenters. The number of hydrogen-bond acceptors (Lipinski definition) is 7. The van der Waals surface area contributed by atoms with Crippen molar-refractivity contribution in [3.05, 3.63) is 48.0 Å². The predicted octanol–water partition coefficient (Wildman–Crippen LogP) is 3.07. The number of amides is 1. The number of nitrogens with one attached hydrogen (secondary N) is 1. The van der Waals surface area contributed by atoms with Gasteiger partial charge in [0.15, 0.2) is 11.7 Å². The Morgan fingerprint density at radius 1 is 1.19 bits per heavy atom. The largest absolute Gasteiger partial charge is 0.494 e. The van der Waals surface area contributed by atoms with E-state index in [2.05, 4.69) is 10.3 Å². The van der Waals surface area contributed by atoms with Gasteiger partial charge in [-0.1, -0.05) is 11.3 Å². The number of nitrogens with two attached hydrogens (primary N) is 1. The van der Waals surface area contributed by atoms with Gasteiger partial charge in [0.05, 0.1) is 22.4 Å². The van der Waals surface area contributed by atoms with Gasteiger partial charge in [0, 0.05) is 5.69 Å². The fraction of sp³-hybridized carbons (Fsp3) is 0.167. The number of carbonyl (C=O) groups is 2. The number of thiazole rings is 1. The van der Waals surface area contributed by atoms with Crippen molar-refractivity contribution in [3.8, 4) is 5.75 Å². The van der Waals surface area contributed by atoms with Crippen LogP contribution in [0.3, 0.4) is 0 Å². The maximum atomic E-state index is 12.0. The van der Waals surface area contributed by atoms with Crippen LogP contribution in [0, 0.1) is 0 Å². The standard InChI is InChI=1S/C18H17N3O4S/c1-2-24-13-7-8-14-15(9-13)26-18(20-14)21-16(22)10-25-17(23)11-3-5-12(19)6-4-11/h3-9H,2,10,19H2,1H3,(H,20,21,22). The average molecular weight is 371 g/mol. The van der Waals surface area contributed by atoms with Crippen molar-refractivity contribution < 1.29 is 19.1 Å². The Labute approximate surface area is 153 Å². The summed E-state index contributed by atoms with van der Waals surface area (Å²) < 4.78 is 11.3. The van der Waals surface area contributed by atoms with Gasteiger partial charge in [-0.25, -0.2) is 9.78 Å². The van der Waals surface area contributed by atoms with Crippen LogP contribution < -0.4 is 15.8 Å². The second-order valence-corrected chi connectivity index (χ2v) is 6.36. The number of esters is 1. The van der Waals surface area contributed by atoms with Gasteiger partial charge < -0.3 is 15.2 Å². The van der Waals surface area contributed by atoms with E-state index in [0.29, 0.717) is 23.0 Å². The quantitative estimate of drug-likeness (QED) is 0.510. The summed E-state index contributed by atoms with van der Waals surface area (Å²) in [6.45, 7) is 2.09. The molecule has 0 aliphatic heterocycles. The summed E-state index contributed by atoms with van der Waals surface area (Å²) in [6, 6.07) is 11.8. The molecule has 0 fully saturated rings. The molecule has 7 nitrogen and oxygen atoms in total. The number of anilines is 2. The van der Waals surface area contributed by atoms with Crippen molar-refractivity contribution in [2.24, 2.45) is 0 Å². The molecular weight excluding hydrogens is 354 g/mol. The van der Waals surface area contributed by atoms with Gasteiger partial charge >= 0.3 is 5.97 Å². The van der Waals surface area contributed by atoms with E-state index in [9.17, 15) is 9.59 Å². The fourth-order valence-corrected chi connectivity index (χ4v) is 3.11. The van der Waals surface area contributed by atoms with Crippen molar-refractivity contribution in [1.82, 2.24) is 4.98 Å². The molecule has 134 valence electrons. The van der Waals surface area contributed by atoms with E-state index in [1.54, 1.807) is 24.3 Å². The van der Waals surface area contributed by atoms with E-state index in [1.807, 2.05) is 25.1 Å². The van der Waals surface area contributed by atoms with Crippen LogP contribution in [0.1, 0.15) is 17.3 Å². The first kappa shape index (κ1) is 17.7. The highest BCUT2D eigenvalue weighted by atomic mass is 32.1. The van der Waals surface area contributed by atoms with Gasteiger partial charge in [0.2, 0.25) is 0 Å². The summed E-state index contributed by atoms with van der Waals surface area (Å²) in [5, 5.41) is 3.06. The van der Waals surface area contributed by atoms with Gasteiger partial charge in [0.1, 0.15) is 5.75 Å². The molecule has 3 rings (SSSR count). The molecule has 2 aromatic carbocycles. The Morgan fingerprint density at radius 3 is 2.69 bits per heavy atom. The Morgan fingerprint density at radius 2 is 1.96 bits per heavy atom. The van der Waals surface area contributed by atoms with E-state index in [0.717, 1.165) is 16.0 Å². The molecule has 3 N–H and O–H groups in total. The van der Waals surface area contributed by atoms with Crippen LogP contribution in [0.4, 0.5) is 10.8 Å². The lowest BCUT2D eigenvalue weighted by Gasteiger charge is -2.04. The molecule has 0 spiro atoms. The number of carbonyl (C=O) groups excluding carboxylic acids is 2. The molecule has 0 saturated carbocycles. The first-order valence-electron chi connectivity index (χ1n) is 7.91. The molecule has 0 bridgehead atoms. The summed E-state index contributed by atoms with van der Waals surface area (Å²) in [5.74, 6) is -0.303. The van der Waals surface area contributed by atoms with Gasteiger partial charge in [-0.05, 0) is 49.4 Å². The summed E-state index contributed by atoms with van der Waals surface area (Å²) >= 11 is 1.32. The lowest BCUT2D eigenvalue weighted by molar-refractivity contribution is -0.119. The normalized spacial score (nSPS) is 10.5. The Kier molecular flexibility index (Phi) is 5.33. The minimum absolute atomic E-state index is 0.329. The van der Waals surface area contributed by atoms with Crippen molar-refractivity contribution >= 4 is 44.2 Å². The number of nitrogen functional groups attached to an aromatic ring is 1. The zero-order valence-corrected chi connectivity index (χ0v) is 14.8. The van der Waals surface area contributed by atoms with Crippen LogP contribution in [0.2, 0.25) is 0 Å². The Bertz CT molecular complexity index is 937. The summed E-state index contributed by atoms with van der Waals surface area (Å²) in [6.07, 6.45) is 0. The summed E-state index contributed by atoms with van der Waals surface area (Å²) in [7, 11) is 0. The molecule has 0 saturated heterocycles. The molecule has 0 aliphatic carbocycles. The van der Waals surface area contributed by atoms with E-state index in [-0.39, 0.29) is 0 Å². The second-order valence-electron chi connectivity index (χ2n) is 5.33. The molecule has 0 atom stereocenters. The lowest BCUT2D eigenvalue weighted by atomic mass is 10.2. The summed E-state index contributed by atoms with van der Waals surface area (Å²) in [4.78, 5) is 28.2. The summed E-state index contributed by atoms with van der Waals surface area (Å²) in [5.41, 5.74) is 7.19. The zero-order chi connectivity index (χ0) is 18.5. The highest BCUT2D eigenvalue weighted by molar-refractivity contribution is 7.22. The van der Waals surface area contributed by atoms with Gasteiger partial charge in [-0.15, -0.1) is 0 Å². The number of hydrogen-bond donors (Lipinski definition) is 2. The number of rotatable bonds is 6. The fourth-order valence-electron chi connectivity index (χ4n) is 2.20. The van der Waals surface area contributed by atoms with Crippen LogP contribution >= 0.6 is 11.3 Å². The third-order valence-electron chi connectivity index (χ3n) is 3.40. The van der Waals surface area contributed by atoms with E-state index in [4.69, 9.17) is 15.2 Å². The Balaban J connectivity index is 1.58. The smallest absolute Gasteiger partial charge is 0.338 e. The van der Waals surface area contributed by atoms with E-state index < -0.39 is 18.5 Å². The van der Waals surface area contributed by atoms with Crippen LogP contribution in [0.25, 0.3) is 10.2 Å². The van der Waals surface area contributed by atoms with E-state index >= 15 is 0 Å². The van der Waals surface area contributed by atoms with Crippen molar-refractivity contribution in [3.63, 3.8) is 0 Å². The molecule has 1 aromatic heterocycles. The van der Waals surface area contributed by atoms with Gasteiger partial charge in [-0.2, -0.15) is 0 Å². The zero-order valence-electron chi connectivity index (χ0n) is 14.0. The number of nitrogens with zero attached hydrogens (tertiary/aromatic N) is 1. The lowest BCUT2D eigenvalue weighted by Crippen LogP contribution is -2.20. The van der Waals surface area contributed by atoms with Crippen molar-refractivity contribution in [1.29, 1.82) is 0 Å². The van der Waals surface area contributed by atoms with Crippen LogP contribution in [-0.2, 0) is 9.53 Å².